The molecule has 0 saturated carbocycles. The van der Waals surface area contributed by atoms with Gasteiger partial charge in [0, 0.05) is 46.4 Å². The van der Waals surface area contributed by atoms with E-state index < -0.39 is 0 Å². The first-order valence-corrected chi connectivity index (χ1v) is 5.80. The van der Waals surface area contributed by atoms with Crippen molar-refractivity contribution in [3.05, 3.63) is 0 Å². The lowest BCUT2D eigenvalue weighted by Gasteiger charge is -2.32. The zero-order valence-electron chi connectivity index (χ0n) is 10.1. The number of likely N-dealkylation sites (N-methyl/N-ethyl adjacent to an activating group) is 1. The molecule has 4 nitrogen and oxygen atoms in total. The lowest BCUT2D eigenvalue weighted by Crippen LogP contribution is -2.44. The first kappa shape index (κ1) is 12.9. The van der Waals surface area contributed by atoms with Crippen molar-refractivity contribution in [3.63, 3.8) is 0 Å². The summed E-state index contributed by atoms with van der Waals surface area (Å²) in [6.07, 6.45) is 1.13. The smallest absolute Gasteiger partial charge is 0.0700 e. The number of rotatable bonds is 7. The maximum absolute atomic E-state index is 5.42. The molecule has 0 N–H and O–H groups in total. The Morgan fingerprint density at radius 2 is 1.73 bits per heavy atom. The zero-order valence-corrected chi connectivity index (χ0v) is 10.1. The molecule has 0 unspecified atom stereocenters. The number of ether oxygens (including phenoxy) is 2. The molecule has 0 amide bonds. The number of hydrogen-bond donors (Lipinski definition) is 0. The Bertz CT molecular complexity index is 148. The molecule has 0 aromatic rings. The van der Waals surface area contributed by atoms with Gasteiger partial charge in [0.2, 0.25) is 0 Å². The summed E-state index contributed by atoms with van der Waals surface area (Å²) in [6, 6.07) is 0. The molecule has 0 aliphatic carbocycles. The molecule has 0 spiro atoms. The fourth-order valence-electron chi connectivity index (χ4n) is 1.71. The first-order valence-electron chi connectivity index (χ1n) is 5.80. The Labute approximate surface area is 93.1 Å². The van der Waals surface area contributed by atoms with Crippen LogP contribution in [0.25, 0.3) is 0 Å². The van der Waals surface area contributed by atoms with Gasteiger partial charge in [-0.3, -0.25) is 0 Å². The van der Waals surface area contributed by atoms with Crippen molar-refractivity contribution in [1.29, 1.82) is 0 Å². The highest BCUT2D eigenvalue weighted by Crippen LogP contribution is 1.99. The summed E-state index contributed by atoms with van der Waals surface area (Å²) in [4.78, 5) is 4.89. The lowest BCUT2D eigenvalue weighted by molar-refractivity contribution is 0.0620. The molecule has 90 valence electrons. The third-order valence-electron chi connectivity index (χ3n) is 2.79. The quantitative estimate of drug-likeness (QED) is 0.571. The summed E-state index contributed by atoms with van der Waals surface area (Å²) in [7, 11) is 3.89. The predicted octanol–water partition coefficient (Wildman–Crippen LogP) is 0.287. The molecule has 0 bridgehead atoms. The van der Waals surface area contributed by atoms with E-state index >= 15 is 0 Å². The van der Waals surface area contributed by atoms with Crippen LogP contribution in [0.3, 0.4) is 0 Å². The first-order chi connectivity index (χ1) is 7.33. The fraction of sp³-hybridized carbons (Fsp3) is 1.00. The number of piperazine rings is 1. The molecule has 1 saturated heterocycles. The highest BCUT2D eigenvalue weighted by Gasteiger charge is 2.12. The Hall–Kier alpha value is -0.160. The highest BCUT2D eigenvalue weighted by molar-refractivity contribution is 4.68. The molecule has 1 heterocycles. The largest absolute Gasteiger partial charge is 0.382 e. The van der Waals surface area contributed by atoms with Crippen molar-refractivity contribution < 1.29 is 9.47 Å². The van der Waals surface area contributed by atoms with Crippen molar-refractivity contribution in [2.24, 2.45) is 0 Å². The van der Waals surface area contributed by atoms with Crippen molar-refractivity contribution in [3.8, 4) is 0 Å². The summed E-state index contributed by atoms with van der Waals surface area (Å²) in [6.45, 7) is 8.25. The maximum Gasteiger partial charge on any atom is 0.0700 e. The monoisotopic (exact) mass is 216 g/mol. The molecule has 1 aliphatic heterocycles. The third kappa shape index (κ3) is 6.10. The number of nitrogens with zero attached hydrogens (tertiary/aromatic N) is 2. The molecular formula is C11H24N2O2. The van der Waals surface area contributed by atoms with Gasteiger partial charge >= 0.3 is 0 Å². The van der Waals surface area contributed by atoms with E-state index in [4.69, 9.17) is 9.47 Å². The zero-order chi connectivity index (χ0) is 10.9. The number of hydrogen-bond acceptors (Lipinski definition) is 4. The molecule has 1 rings (SSSR count). The lowest BCUT2D eigenvalue weighted by atomic mass is 10.3. The van der Waals surface area contributed by atoms with Gasteiger partial charge < -0.3 is 19.3 Å². The highest BCUT2D eigenvalue weighted by atomic mass is 16.5. The van der Waals surface area contributed by atoms with E-state index in [1.165, 1.54) is 32.7 Å². The van der Waals surface area contributed by atoms with Crippen molar-refractivity contribution in [2.45, 2.75) is 6.42 Å². The minimum Gasteiger partial charge on any atom is -0.382 e. The molecule has 15 heavy (non-hydrogen) atoms. The van der Waals surface area contributed by atoms with Crippen molar-refractivity contribution in [2.75, 3.05) is 66.7 Å². The van der Waals surface area contributed by atoms with Crippen molar-refractivity contribution in [1.82, 2.24) is 9.80 Å². The van der Waals surface area contributed by atoms with E-state index in [0.717, 1.165) is 19.6 Å². The van der Waals surface area contributed by atoms with Crippen LogP contribution in [0.4, 0.5) is 0 Å². The van der Waals surface area contributed by atoms with Crippen LogP contribution >= 0.6 is 0 Å². The van der Waals surface area contributed by atoms with Gasteiger partial charge in [0.1, 0.15) is 0 Å². The van der Waals surface area contributed by atoms with Gasteiger partial charge in [-0.2, -0.15) is 0 Å². The standard InChI is InChI=1S/C11H24N2O2/c1-12-5-7-13(8-6-12)4-3-9-15-11-10-14-2/h3-11H2,1-2H3. The number of methoxy groups -OCH3 is 1. The Morgan fingerprint density at radius 1 is 1.00 bits per heavy atom. The second-order valence-corrected chi connectivity index (χ2v) is 4.10. The molecule has 0 radical (unpaired) electrons. The topological polar surface area (TPSA) is 24.9 Å². The molecule has 1 aliphatic rings. The van der Waals surface area contributed by atoms with Crippen LogP contribution in [0, 0.1) is 0 Å². The molecule has 1 fully saturated rings. The molecular weight excluding hydrogens is 192 g/mol. The Balaban J connectivity index is 1.87. The average Bonchev–Trinajstić information content (AvgIpc) is 2.26. The third-order valence-corrected chi connectivity index (χ3v) is 2.79. The van der Waals surface area contributed by atoms with Crippen LogP contribution in [0.5, 0.6) is 0 Å². The predicted molar refractivity (Wildman–Crippen MR) is 61.2 cm³/mol. The summed E-state index contributed by atoms with van der Waals surface area (Å²) >= 11 is 0. The van der Waals surface area contributed by atoms with E-state index in [9.17, 15) is 0 Å². The summed E-state index contributed by atoms with van der Waals surface area (Å²) in [5, 5.41) is 0. The summed E-state index contributed by atoms with van der Waals surface area (Å²) in [5.41, 5.74) is 0. The van der Waals surface area contributed by atoms with Crippen molar-refractivity contribution >= 4 is 0 Å². The SMILES string of the molecule is COCCOCCCN1CCN(C)CC1. The van der Waals surface area contributed by atoms with E-state index in [-0.39, 0.29) is 0 Å². The minimum atomic E-state index is 0.703. The summed E-state index contributed by atoms with van der Waals surface area (Å²) < 4.78 is 10.3. The van der Waals surface area contributed by atoms with E-state index in [2.05, 4.69) is 16.8 Å². The van der Waals surface area contributed by atoms with Crippen LogP contribution in [-0.2, 0) is 9.47 Å². The minimum absolute atomic E-state index is 0.703. The normalized spacial score (nSPS) is 19.6. The molecule has 0 atom stereocenters. The van der Waals surface area contributed by atoms with Crippen LogP contribution < -0.4 is 0 Å². The van der Waals surface area contributed by atoms with Gasteiger partial charge in [-0.1, -0.05) is 0 Å². The maximum atomic E-state index is 5.42. The van der Waals surface area contributed by atoms with E-state index in [1.807, 2.05) is 0 Å². The van der Waals surface area contributed by atoms with Crippen LogP contribution in [0.15, 0.2) is 0 Å². The van der Waals surface area contributed by atoms with Gasteiger partial charge in [-0.15, -0.1) is 0 Å². The molecule has 0 aromatic carbocycles. The van der Waals surface area contributed by atoms with Crippen LogP contribution in [-0.4, -0.2) is 76.5 Å². The summed E-state index contributed by atoms with van der Waals surface area (Å²) in [5.74, 6) is 0. The van der Waals surface area contributed by atoms with E-state index in [1.54, 1.807) is 7.11 Å². The van der Waals surface area contributed by atoms with Gasteiger partial charge in [0.25, 0.3) is 0 Å². The van der Waals surface area contributed by atoms with Gasteiger partial charge in [0.05, 0.1) is 13.2 Å². The Kier molecular flexibility index (Phi) is 6.92. The van der Waals surface area contributed by atoms with Gasteiger partial charge in [0.15, 0.2) is 0 Å². The van der Waals surface area contributed by atoms with Crippen LogP contribution in [0.1, 0.15) is 6.42 Å². The fourth-order valence-corrected chi connectivity index (χ4v) is 1.71. The Morgan fingerprint density at radius 3 is 2.40 bits per heavy atom. The second-order valence-electron chi connectivity index (χ2n) is 4.10. The molecule has 0 aromatic heterocycles. The van der Waals surface area contributed by atoms with E-state index in [0.29, 0.717) is 6.61 Å². The second kappa shape index (κ2) is 8.05. The average molecular weight is 216 g/mol. The molecule has 4 heteroatoms. The van der Waals surface area contributed by atoms with Gasteiger partial charge in [-0.25, -0.2) is 0 Å². The van der Waals surface area contributed by atoms with Crippen LogP contribution in [0.2, 0.25) is 0 Å². The van der Waals surface area contributed by atoms with Gasteiger partial charge in [-0.05, 0) is 13.5 Å².